The number of carbonyl (C=O) groups is 1. The van der Waals surface area contributed by atoms with Gasteiger partial charge in [0, 0.05) is 24.4 Å². The zero-order chi connectivity index (χ0) is 14.7. The number of nitrogens with zero attached hydrogens (tertiary/aromatic N) is 2. The Hall–Kier alpha value is -2.05. The highest BCUT2D eigenvalue weighted by Gasteiger charge is 2.33. The van der Waals surface area contributed by atoms with Crippen LogP contribution in [0.5, 0.6) is 0 Å². The molecule has 110 valence electrons. The van der Waals surface area contributed by atoms with Crippen LogP contribution >= 0.6 is 0 Å². The van der Waals surface area contributed by atoms with E-state index < -0.39 is 0 Å². The summed E-state index contributed by atoms with van der Waals surface area (Å²) in [7, 11) is 0. The van der Waals surface area contributed by atoms with Gasteiger partial charge in [0.15, 0.2) is 0 Å². The number of hydrogen-bond donors (Lipinski definition) is 2. The lowest BCUT2D eigenvalue weighted by atomic mass is 9.92. The smallest absolute Gasteiger partial charge is 0.231 e. The largest absolute Gasteiger partial charge is 0.396 e. The Labute approximate surface area is 122 Å². The van der Waals surface area contributed by atoms with E-state index in [1.54, 1.807) is 24.5 Å². The summed E-state index contributed by atoms with van der Waals surface area (Å²) in [5, 5.41) is 12.8. The molecule has 0 radical (unpaired) electrons. The van der Waals surface area contributed by atoms with Crippen LogP contribution < -0.4 is 5.32 Å². The van der Waals surface area contributed by atoms with E-state index in [4.69, 9.17) is 9.84 Å². The Balaban J connectivity index is 1.73. The second-order valence-corrected chi connectivity index (χ2v) is 5.17. The molecule has 3 heterocycles. The first-order valence-corrected chi connectivity index (χ1v) is 6.98. The van der Waals surface area contributed by atoms with Crippen LogP contribution in [0.4, 0.5) is 5.82 Å². The highest BCUT2D eigenvalue weighted by atomic mass is 16.5. The Kier molecular flexibility index (Phi) is 4.08. The summed E-state index contributed by atoms with van der Waals surface area (Å²) in [6.45, 7) is 0.989. The van der Waals surface area contributed by atoms with Gasteiger partial charge in [0.1, 0.15) is 5.82 Å². The van der Waals surface area contributed by atoms with Crippen LogP contribution in [-0.4, -0.2) is 40.8 Å². The summed E-state index contributed by atoms with van der Waals surface area (Å²) in [6.07, 6.45) is 3.98. The van der Waals surface area contributed by atoms with Crippen molar-refractivity contribution in [2.45, 2.75) is 6.42 Å². The molecule has 2 aromatic rings. The molecule has 1 aliphatic heterocycles. The Morgan fingerprint density at radius 1 is 1.38 bits per heavy atom. The third kappa shape index (κ3) is 3.01. The van der Waals surface area contributed by atoms with Gasteiger partial charge in [0.05, 0.1) is 24.6 Å². The molecule has 0 saturated carbocycles. The molecule has 3 rings (SSSR count). The molecule has 0 spiro atoms. The predicted molar refractivity (Wildman–Crippen MR) is 77.7 cm³/mol. The van der Waals surface area contributed by atoms with Crippen molar-refractivity contribution in [3.63, 3.8) is 0 Å². The number of carbonyl (C=O) groups excluding carboxylic acids is 1. The third-order valence-electron chi connectivity index (χ3n) is 3.78. The first-order chi connectivity index (χ1) is 10.3. The molecule has 2 N–H and O–H groups in total. The number of hydrogen-bond acceptors (Lipinski definition) is 5. The average molecular weight is 287 g/mol. The highest BCUT2D eigenvalue weighted by molar-refractivity contribution is 5.93. The lowest BCUT2D eigenvalue weighted by Crippen LogP contribution is -2.29. The monoisotopic (exact) mass is 287 g/mol. The summed E-state index contributed by atoms with van der Waals surface area (Å²) >= 11 is 0. The number of pyridine rings is 2. The number of aliphatic hydroxyl groups is 1. The minimum absolute atomic E-state index is 0.0685. The van der Waals surface area contributed by atoms with Crippen LogP contribution in [0.15, 0.2) is 30.6 Å². The van der Waals surface area contributed by atoms with Gasteiger partial charge in [-0.05, 0) is 30.5 Å². The van der Waals surface area contributed by atoms with Crippen molar-refractivity contribution in [3.05, 3.63) is 30.6 Å². The van der Waals surface area contributed by atoms with E-state index in [-0.39, 0.29) is 24.3 Å². The minimum atomic E-state index is -0.230. The molecule has 6 heteroatoms. The number of anilines is 1. The van der Waals surface area contributed by atoms with Crippen LogP contribution in [0, 0.1) is 11.8 Å². The normalized spacial score (nSPS) is 21.6. The lowest BCUT2D eigenvalue weighted by Gasteiger charge is -2.16. The molecule has 1 saturated heterocycles. The number of rotatable bonds is 4. The SMILES string of the molecule is O=C(Nc1ccc2cnccc2n1)C1COCC1CCO. The van der Waals surface area contributed by atoms with Gasteiger partial charge in [-0.1, -0.05) is 0 Å². The molecule has 2 aromatic heterocycles. The summed E-state index contributed by atoms with van der Waals surface area (Å²) in [5.41, 5.74) is 0.789. The van der Waals surface area contributed by atoms with Crippen molar-refractivity contribution in [2.24, 2.45) is 11.8 Å². The van der Waals surface area contributed by atoms with E-state index in [1.807, 2.05) is 6.07 Å². The lowest BCUT2D eigenvalue weighted by molar-refractivity contribution is -0.120. The van der Waals surface area contributed by atoms with Crippen molar-refractivity contribution < 1.29 is 14.6 Å². The van der Waals surface area contributed by atoms with E-state index in [9.17, 15) is 4.79 Å². The van der Waals surface area contributed by atoms with Crippen LogP contribution in [0.25, 0.3) is 10.9 Å². The quantitative estimate of drug-likeness (QED) is 0.883. The third-order valence-corrected chi connectivity index (χ3v) is 3.78. The van der Waals surface area contributed by atoms with Crippen molar-refractivity contribution in [1.82, 2.24) is 9.97 Å². The molecule has 0 bridgehead atoms. The van der Waals surface area contributed by atoms with E-state index in [2.05, 4.69) is 15.3 Å². The second-order valence-electron chi connectivity index (χ2n) is 5.17. The molecular formula is C15H17N3O3. The summed E-state index contributed by atoms with van der Waals surface area (Å²) < 4.78 is 5.35. The first kappa shape index (κ1) is 13.9. The van der Waals surface area contributed by atoms with Crippen molar-refractivity contribution in [1.29, 1.82) is 0 Å². The van der Waals surface area contributed by atoms with Crippen LogP contribution in [0.3, 0.4) is 0 Å². The molecule has 1 aliphatic rings. The van der Waals surface area contributed by atoms with Gasteiger partial charge in [0.2, 0.25) is 5.91 Å². The fraction of sp³-hybridized carbons (Fsp3) is 0.400. The van der Waals surface area contributed by atoms with E-state index in [1.165, 1.54) is 0 Å². The maximum atomic E-state index is 12.3. The number of fused-ring (bicyclic) bond motifs is 1. The van der Waals surface area contributed by atoms with Gasteiger partial charge in [-0.3, -0.25) is 9.78 Å². The number of amides is 1. The fourth-order valence-electron chi connectivity index (χ4n) is 2.59. The average Bonchev–Trinajstić information content (AvgIpc) is 2.96. The summed E-state index contributed by atoms with van der Waals surface area (Å²) in [4.78, 5) is 20.7. The van der Waals surface area contributed by atoms with E-state index in [0.29, 0.717) is 25.5 Å². The van der Waals surface area contributed by atoms with E-state index in [0.717, 1.165) is 10.9 Å². The van der Waals surface area contributed by atoms with Crippen molar-refractivity contribution in [2.75, 3.05) is 25.1 Å². The summed E-state index contributed by atoms with van der Waals surface area (Å²) in [6, 6.07) is 5.44. The minimum Gasteiger partial charge on any atom is -0.396 e. The Morgan fingerprint density at radius 3 is 3.14 bits per heavy atom. The van der Waals surface area contributed by atoms with Crippen LogP contribution in [0.2, 0.25) is 0 Å². The standard InChI is InChI=1S/C15H17N3O3/c19-6-4-11-8-21-9-12(11)15(20)18-14-2-1-10-7-16-5-3-13(10)17-14/h1-3,5,7,11-12,19H,4,6,8-9H2,(H,17,18,20). The van der Waals surface area contributed by atoms with Gasteiger partial charge in [-0.15, -0.1) is 0 Å². The number of nitrogens with one attached hydrogen (secondary N) is 1. The molecule has 2 atom stereocenters. The van der Waals surface area contributed by atoms with E-state index >= 15 is 0 Å². The molecule has 0 aliphatic carbocycles. The number of aromatic nitrogens is 2. The zero-order valence-electron chi connectivity index (χ0n) is 11.5. The molecular weight excluding hydrogens is 270 g/mol. The number of aliphatic hydroxyl groups excluding tert-OH is 1. The maximum absolute atomic E-state index is 12.3. The first-order valence-electron chi connectivity index (χ1n) is 6.98. The van der Waals surface area contributed by atoms with Crippen LogP contribution in [-0.2, 0) is 9.53 Å². The van der Waals surface area contributed by atoms with Gasteiger partial charge in [0.25, 0.3) is 0 Å². The number of ether oxygens (including phenoxy) is 1. The molecule has 21 heavy (non-hydrogen) atoms. The summed E-state index contributed by atoms with van der Waals surface area (Å²) in [5.74, 6) is 0.256. The van der Waals surface area contributed by atoms with Crippen molar-refractivity contribution in [3.8, 4) is 0 Å². The predicted octanol–water partition coefficient (Wildman–Crippen LogP) is 1.21. The van der Waals surface area contributed by atoms with Crippen molar-refractivity contribution >= 4 is 22.6 Å². The fourth-order valence-corrected chi connectivity index (χ4v) is 2.59. The van der Waals surface area contributed by atoms with Gasteiger partial charge in [-0.25, -0.2) is 4.98 Å². The Morgan fingerprint density at radius 2 is 2.29 bits per heavy atom. The molecule has 1 amide bonds. The van der Waals surface area contributed by atoms with Gasteiger partial charge < -0.3 is 15.2 Å². The second kappa shape index (κ2) is 6.15. The topological polar surface area (TPSA) is 84.3 Å². The zero-order valence-corrected chi connectivity index (χ0v) is 11.5. The molecule has 2 unspecified atom stereocenters. The molecule has 0 aromatic carbocycles. The molecule has 1 fully saturated rings. The molecule has 6 nitrogen and oxygen atoms in total. The van der Waals surface area contributed by atoms with Crippen LogP contribution in [0.1, 0.15) is 6.42 Å². The van der Waals surface area contributed by atoms with Gasteiger partial charge >= 0.3 is 0 Å². The maximum Gasteiger partial charge on any atom is 0.231 e. The Bertz CT molecular complexity index is 647. The highest BCUT2D eigenvalue weighted by Crippen LogP contribution is 2.25. The van der Waals surface area contributed by atoms with Gasteiger partial charge in [-0.2, -0.15) is 0 Å².